The molecule has 0 aliphatic heterocycles. The Kier molecular flexibility index (Phi) is 5.98. The first-order chi connectivity index (χ1) is 12.8. The van der Waals surface area contributed by atoms with E-state index < -0.39 is 0 Å². The summed E-state index contributed by atoms with van der Waals surface area (Å²) in [6.07, 6.45) is 6.32. The predicted molar refractivity (Wildman–Crippen MR) is 104 cm³/mol. The van der Waals surface area contributed by atoms with E-state index in [1.165, 1.54) is 5.56 Å². The minimum absolute atomic E-state index is 0.640. The molecule has 0 radical (unpaired) electrons. The second-order valence-electron chi connectivity index (χ2n) is 5.93. The zero-order chi connectivity index (χ0) is 18.2. The molecule has 3 rings (SSSR count). The van der Waals surface area contributed by atoms with Crippen LogP contribution in [0.15, 0.2) is 61.1 Å². The molecule has 2 heterocycles. The Balaban J connectivity index is 1.60. The number of ether oxygens (including phenoxy) is 1. The second kappa shape index (κ2) is 8.80. The van der Waals surface area contributed by atoms with Gasteiger partial charge in [0.2, 0.25) is 5.95 Å². The van der Waals surface area contributed by atoms with Gasteiger partial charge in [-0.3, -0.25) is 4.98 Å². The zero-order valence-corrected chi connectivity index (χ0v) is 15.1. The molecule has 1 aromatic carbocycles. The van der Waals surface area contributed by atoms with Crippen molar-refractivity contribution in [2.75, 3.05) is 30.9 Å². The molecular weight excluding hydrogens is 326 g/mol. The van der Waals surface area contributed by atoms with Gasteiger partial charge in [0.25, 0.3) is 0 Å². The average molecular weight is 349 g/mol. The topological polar surface area (TPSA) is 63.2 Å². The molecule has 1 N–H and O–H groups in total. The Hall–Kier alpha value is -3.15. The summed E-state index contributed by atoms with van der Waals surface area (Å²) in [5, 5.41) is 3.34. The molecule has 0 bridgehead atoms. The van der Waals surface area contributed by atoms with Crippen LogP contribution in [0.1, 0.15) is 11.1 Å². The average Bonchev–Trinajstić information content (AvgIpc) is 2.71. The van der Waals surface area contributed by atoms with Gasteiger partial charge in [-0.25, -0.2) is 4.98 Å². The van der Waals surface area contributed by atoms with Crippen LogP contribution in [0.25, 0.3) is 0 Å². The van der Waals surface area contributed by atoms with Crippen LogP contribution >= 0.6 is 0 Å². The van der Waals surface area contributed by atoms with Gasteiger partial charge in [0.05, 0.1) is 7.11 Å². The highest BCUT2D eigenvalue weighted by molar-refractivity contribution is 5.43. The summed E-state index contributed by atoms with van der Waals surface area (Å²) in [6.45, 7) is 1.47. The number of rotatable bonds is 8. The lowest BCUT2D eigenvalue weighted by molar-refractivity contribution is 0.410. The van der Waals surface area contributed by atoms with Crippen LogP contribution in [0, 0.1) is 0 Å². The lowest BCUT2D eigenvalue weighted by Crippen LogP contribution is -2.23. The Bertz CT molecular complexity index is 825. The van der Waals surface area contributed by atoms with E-state index in [2.05, 4.69) is 25.2 Å². The molecule has 0 fully saturated rings. The van der Waals surface area contributed by atoms with Crippen molar-refractivity contribution >= 4 is 11.8 Å². The maximum Gasteiger partial charge on any atom is 0.226 e. The number of nitrogens with zero attached hydrogens (tertiary/aromatic N) is 4. The number of benzene rings is 1. The molecule has 2 aromatic heterocycles. The molecule has 0 unspecified atom stereocenters. The van der Waals surface area contributed by atoms with Crippen LogP contribution in [0.2, 0.25) is 0 Å². The lowest BCUT2D eigenvalue weighted by Gasteiger charge is -2.18. The highest BCUT2D eigenvalue weighted by atomic mass is 16.5. The Morgan fingerprint density at radius 3 is 2.65 bits per heavy atom. The van der Waals surface area contributed by atoms with Gasteiger partial charge < -0.3 is 15.0 Å². The van der Waals surface area contributed by atoms with Crippen molar-refractivity contribution in [2.45, 2.75) is 13.0 Å². The van der Waals surface area contributed by atoms with E-state index in [0.717, 1.165) is 30.1 Å². The molecular formula is C20H23N5O. The molecule has 3 aromatic rings. The van der Waals surface area contributed by atoms with Gasteiger partial charge in [-0.15, -0.1) is 0 Å². The number of methoxy groups -OCH3 is 1. The maximum atomic E-state index is 5.38. The zero-order valence-electron chi connectivity index (χ0n) is 15.1. The second-order valence-corrected chi connectivity index (χ2v) is 5.93. The number of hydrogen-bond acceptors (Lipinski definition) is 6. The molecule has 0 aliphatic carbocycles. The van der Waals surface area contributed by atoms with Crippen LogP contribution < -0.4 is 15.0 Å². The van der Waals surface area contributed by atoms with E-state index in [1.807, 2.05) is 61.9 Å². The van der Waals surface area contributed by atoms with Gasteiger partial charge >= 0.3 is 0 Å². The molecule has 0 atom stereocenters. The maximum absolute atomic E-state index is 5.38. The largest absolute Gasteiger partial charge is 0.496 e. The van der Waals surface area contributed by atoms with Gasteiger partial charge in [-0.2, -0.15) is 4.98 Å². The standard InChI is InChI=1S/C20H23N5O/c1-25(14-10-16-7-11-21-12-8-16)20-22-13-9-19(24-20)23-15-17-5-3-4-6-18(17)26-2/h3-9,11-13H,10,14-15H2,1-2H3,(H,22,23,24). The van der Waals surface area contributed by atoms with Gasteiger partial charge in [0.15, 0.2) is 0 Å². The Labute approximate surface area is 153 Å². The van der Waals surface area contributed by atoms with Crippen molar-refractivity contribution < 1.29 is 4.74 Å². The summed E-state index contributed by atoms with van der Waals surface area (Å²) in [4.78, 5) is 15.1. The fourth-order valence-electron chi connectivity index (χ4n) is 2.61. The van der Waals surface area contributed by atoms with Crippen LogP contribution in [0.5, 0.6) is 5.75 Å². The van der Waals surface area contributed by atoms with Crippen LogP contribution in [-0.2, 0) is 13.0 Å². The smallest absolute Gasteiger partial charge is 0.226 e. The molecule has 0 saturated heterocycles. The summed E-state index contributed by atoms with van der Waals surface area (Å²) in [5.74, 6) is 2.35. The van der Waals surface area contributed by atoms with E-state index in [-0.39, 0.29) is 0 Å². The van der Waals surface area contributed by atoms with Crippen molar-refractivity contribution in [1.82, 2.24) is 15.0 Å². The van der Waals surface area contributed by atoms with Gasteiger partial charge in [0, 0.05) is 44.3 Å². The Morgan fingerprint density at radius 1 is 1.04 bits per heavy atom. The number of likely N-dealkylation sites (N-methyl/N-ethyl adjacent to an activating group) is 1. The summed E-state index contributed by atoms with van der Waals surface area (Å²) in [5.41, 5.74) is 2.33. The summed E-state index contributed by atoms with van der Waals surface area (Å²) in [7, 11) is 3.68. The first-order valence-electron chi connectivity index (χ1n) is 8.55. The van der Waals surface area contributed by atoms with Crippen molar-refractivity contribution in [3.63, 3.8) is 0 Å². The molecule has 0 amide bonds. The van der Waals surface area contributed by atoms with E-state index >= 15 is 0 Å². The number of nitrogens with one attached hydrogen (secondary N) is 1. The minimum Gasteiger partial charge on any atom is -0.496 e. The number of hydrogen-bond donors (Lipinski definition) is 1. The molecule has 26 heavy (non-hydrogen) atoms. The SMILES string of the molecule is COc1ccccc1CNc1ccnc(N(C)CCc2ccncc2)n1. The summed E-state index contributed by atoms with van der Waals surface area (Å²) in [6, 6.07) is 13.9. The highest BCUT2D eigenvalue weighted by Crippen LogP contribution is 2.19. The first-order valence-corrected chi connectivity index (χ1v) is 8.55. The van der Waals surface area contributed by atoms with E-state index in [9.17, 15) is 0 Å². The molecule has 0 saturated carbocycles. The van der Waals surface area contributed by atoms with E-state index in [1.54, 1.807) is 13.3 Å². The minimum atomic E-state index is 0.640. The fourth-order valence-corrected chi connectivity index (χ4v) is 2.61. The molecule has 0 spiro atoms. The highest BCUT2D eigenvalue weighted by Gasteiger charge is 2.07. The molecule has 0 aliphatic rings. The number of aromatic nitrogens is 3. The Morgan fingerprint density at radius 2 is 1.85 bits per heavy atom. The van der Waals surface area contributed by atoms with Crippen LogP contribution in [-0.4, -0.2) is 35.7 Å². The molecule has 6 heteroatoms. The summed E-state index contributed by atoms with van der Waals surface area (Å²) >= 11 is 0. The predicted octanol–water partition coefficient (Wildman–Crippen LogP) is 3.17. The molecule has 134 valence electrons. The summed E-state index contributed by atoms with van der Waals surface area (Å²) < 4.78 is 5.38. The van der Waals surface area contributed by atoms with Crippen molar-refractivity contribution in [1.29, 1.82) is 0 Å². The van der Waals surface area contributed by atoms with Crippen LogP contribution in [0.3, 0.4) is 0 Å². The number of anilines is 2. The van der Waals surface area contributed by atoms with Gasteiger partial charge in [-0.05, 0) is 36.2 Å². The number of para-hydroxylation sites is 1. The van der Waals surface area contributed by atoms with Crippen LogP contribution in [0.4, 0.5) is 11.8 Å². The van der Waals surface area contributed by atoms with Crippen molar-refractivity contribution in [3.8, 4) is 5.75 Å². The fraction of sp³-hybridized carbons (Fsp3) is 0.250. The molecule has 6 nitrogen and oxygen atoms in total. The monoisotopic (exact) mass is 349 g/mol. The third-order valence-electron chi connectivity index (χ3n) is 4.12. The van der Waals surface area contributed by atoms with Gasteiger partial charge in [-0.1, -0.05) is 18.2 Å². The van der Waals surface area contributed by atoms with E-state index in [4.69, 9.17) is 4.74 Å². The van der Waals surface area contributed by atoms with Gasteiger partial charge in [0.1, 0.15) is 11.6 Å². The third kappa shape index (κ3) is 4.69. The van der Waals surface area contributed by atoms with Crippen molar-refractivity contribution in [3.05, 3.63) is 72.2 Å². The van der Waals surface area contributed by atoms with E-state index in [0.29, 0.717) is 12.5 Å². The lowest BCUT2D eigenvalue weighted by atomic mass is 10.2. The first kappa shape index (κ1) is 17.7. The third-order valence-corrected chi connectivity index (χ3v) is 4.12. The normalized spacial score (nSPS) is 10.4. The van der Waals surface area contributed by atoms with Crippen molar-refractivity contribution in [2.24, 2.45) is 0 Å². The number of pyridine rings is 1. The quantitative estimate of drug-likeness (QED) is 0.674.